The molecule has 1 atom stereocenters. The van der Waals surface area contributed by atoms with Crippen LogP contribution in [0, 0.1) is 12.3 Å². The van der Waals surface area contributed by atoms with Crippen molar-refractivity contribution in [1.82, 2.24) is 10.1 Å². The van der Waals surface area contributed by atoms with Gasteiger partial charge in [-0.1, -0.05) is 38.1 Å². The second-order valence-corrected chi connectivity index (χ2v) is 10.2. The van der Waals surface area contributed by atoms with E-state index in [-0.39, 0.29) is 11.5 Å². The molecule has 3 rings (SSSR count). The van der Waals surface area contributed by atoms with Crippen molar-refractivity contribution in [3.05, 3.63) is 47.8 Å². The molecule has 132 valence electrons. The van der Waals surface area contributed by atoms with E-state index in [4.69, 9.17) is 8.95 Å². The van der Waals surface area contributed by atoms with Gasteiger partial charge in [-0.2, -0.15) is 0 Å². The maximum absolute atomic E-state index is 6.50. The van der Waals surface area contributed by atoms with Gasteiger partial charge in [-0.3, -0.25) is 4.98 Å². The van der Waals surface area contributed by atoms with E-state index in [9.17, 15) is 0 Å². The molecule has 0 aliphatic heterocycles. The molecule has 0 amide bonds. The van der Waals surface area contributed by atoms with Crippen LogP contribution in [0.4, 0.5) is 0 Å². The normalized spacial score (nSPS) is 13.6. The number of nitrogens with zero attached hydrogens (tertiary/aromatic N) is 2. The number of fused-ring (bicyclic) bond motifs is 1. The molecule has 0 bridgehead atoms. The van der Waals surface area contributed by atoms with E-state index in [2.05, 4.69) is 56.1 Å². The van der Waals surface area contributed by atoms with Crippen LogP contribution in [0.5, 0.6) is 0 Å². The van der Waals surface area contributed by atoms with E-state index >= 15 is 0 Å². The van der Waals surface area contributed by atoms with Gasteiger partial charge in [0, 0.05) is 22.7 Å². The Balaban J connectivity index is 2.32. The van der Waals surface area contributed by atoms with Gasteiger partial charge in [0.05, 0.1) is 17.5 Å². The molecule has 25 heavy (non-hydrogen) atoms. The van der Waals surface area contributed by atoms with Crippen LogP contribution in [0.25, 0.3) is 22.2 Å². The van der Waals surface area contributed by atoms with Gasteiger partial charge in [0.15, 0.2) is 14.6 Å². The number of benzene rings is 1. The minimum atomic E-state index is -1.27. The Labute approximate surface area is 150 Å². The van der Waals surface area contributed by atoms with E-state index in [0.717, 1.165) is 33.5 Å². The van der Waals surface area contributed by atoms with Crippen molar-refractivity contribution in [2.75, 3.05) is 0 Å². The fraction of sp³-hybridized carbons (Fsp3) is 0.400. The summed E-state index contributed by atoms with van der Waals surface area (Å²) in [4.78, 5) is 4.56. The molecule has 0 radical (unpaired) electrons. The van der Waals surface area contributed by atoms with Gasteiger partial charge in [0.1, 0.15) is 0 Å². The molecular weight excluding hydrogens is 328 g/mol. The number of aromatic nitrogens is 2. The lowest BCUT2D eigenvalue weighted by molar-refractivity contribution is 0.0872. The highest BCUT2D eigenvalue weighted by Crippen LogP contribution is 2.44. The van der Waals surface area contributed by atoms with Crippen LogP contribution in [-0.4, -0.2) is 19.2 Å². The summed E-state index contributed by atoms with van der Waals surface area (Å²) in [5.74, 6) is 0. The molecule has 5 heteroatoms. The van der Waals surface area contributed by atoms with E-state index in [0.29, 0.717) is 0 Å². The van der Waals surface area contributed by atoms with Crippen molar-refractivity contribution in [2.45, 2.75) is 46.9 Å². The smallest absolute Gasteiger partial charge is 0.173 e. The average molecular weight is 355 g/mol. The highest BCUT2D eigenvalue weighted by Gasteiger charge is 2.33. The topological polar surface area (TPSA) is 48.2 Å². The van der Waals surface area contributed by atoms with Crippen molar-refractivity contribution in [3.63, 3.8) is 0 Å². The fourth-order valence-electron chi connectivity index (χ4n) is 3.13. The standard InChI is InChI=1S/C20H26N2O2Si/c1-13-14-10-11-15(16-9-7-8-12-21-16)17(18(14)23-22-13)19(20(2,3)4)24-25(5)6/h7-12,19,25H,1-6H3. The van der Waals surface area contributed by atoms with Crippen LogP contribution < -0.4 is 0 Å². The third-order valence-electron chi connectivity index (χ3n) is 4.26. The summed E-state index contributed by atoms with van der Waals surface area (Å²) in [6, 6.07) is 10.2. The Kier molecular flexibility index (Phi) is 4.80. The molecule has 1 aromatic carbocycles. The molecule has 0 saturated heterocycles. The Morgan fingerprint density at radius 3 is 2.48 bits per heavy atom. The molecule has 4 nitrogen and oxygen atoms in total. The number of hydrogen-bond acceptors (Lipinski definition) is 4. The van der Waals surface area contributed by atoms with Crippen LogP contribution in [0.1, 0.15) is 38.1 Å². The molecule has 0 N–H and O–H groups in total. The lowest BCUT2D eigenvalue weighted by atomic mass is 9.81. The molecule has 2 aromatic heterocycles. The van der Waals surface area contributed by atoms with Crippen molar-refractivity contribution >= 4 is 20.0 Å². The maximum Gasteiger partial charge on any atom is 0.173 e. The second kappa shape index (κ2) is 6.73. The summed E-state index contributed by atoms with van der Waals surface area (Å²) in [6.07, 6.45) is 1.74. The van der Waals surface area contributed by atoms with Gasteiger partial charge in [0.25, 0.3) is 0 Å². The third-order valence-corrected chi connectivity index (χ3v) is 5.07. The van der Waals surface area contributed by atoms with E-state index in [1.807, 2.05) is 31.3 Å². The van der Waals surface area contributed by atoms with Crippen LogP contribution in [-0.2, 0) is 4.43 Å². The second-order valence-electron chi connectivity index (χ2n) is 7.82. The molecule has 0 aliphatic carbocycles. The summed E-state index contributed by atoms with van der Waals surface area (Å²) < 4.78 is 12.3. The first-order valence-electron chi connectivity index (χ1n) is 8.74. The third kappa shape index (κ3) is 3.53. The number of rotatable bonds is 4. The monoisotopic (exact) mass is 354 g/mol. The first-order valence-corrected chi connectivity index (χ1v) is 11.5. The summed E-state index contributed by atoms with van der Waals surface area (Å²) in [7, 11) is -1.27. The van der Waals surface area contributed by atoms with Crippen LogP contribution in [0.15, 0.2) is 41.1 Å². The van der Waals surface area contributed by atoms with Gasteiger partial charge in [0.2, 0.25) is 0 Å². The average Bonchev–Trinajstić information content (AvgIpc) is 2.93. The zero-order valence-corrected chi connectivity index (χ0v) is 17.0. The Morgan fingerprint density at radius 2 is 1.88 bits per heavy atom. The zero-order valence-electron chi connectivity index (χ0n) is 15.8. The molecule has 0 saturated carbocycles. The summed E-state index contributed by atoms with van der Waals surface area (Å²) in [5, 5.41) is 5.23. The predicted octanol–water partition coefficient (Wildman–Crippen LogP) is 5.29. The lowest BCUT2D eigenvalue weighted by Crippen LogP contribution is -2.26. The first-order chi connectivity index (χ1) is 11.8. The molecule has 2 heterocycles. The predicted molar refractivity (Wildman–Crippen MR) is 104 cm³/mol. The minimum absolute atomic E-state index is 0.0736. The van der Waals surface area contributed by atoms with Crippen LogP contribution in [0.3, 0.4) is 0 Å². The van der Waals surface area contributed by atoms with Crippen molar-refractivity contribution in [2.24, 2.45) is 5.41 Å². The molecule has 0 aliphatic rings. The van der Waals surface area contributed by atoms with E-state index in [1.165, 1.54) is 0 Å². The summed E-state index contributed by atoms with van der Waals surface area (Å²) in [5.41, 5.74) is 4.69. The van der Waals surface area contributed by atoms with E-state index < -0.39 is 9.04 Å². The van der Waals surface area contributed by atoms with Crippen molar-refractivity contribution in [3.8, 4) is 11.3 Å². The quantitative estimate of drug-likeness (QED) is 0.598. The van der Waals surface area contributed by atoms with Gasteiger partial charge < -0.3 is 8.95 Å². The largest absolute Gasteiger partial charge is 0.413 e. The van der Waals surface area contributed by atoms with Gasteiger partial charge in [-0.15, -0.1) is 0 Å². The highest BCUT2D eigenvalue weighted by molar-refractivity contribution is 6.48. The molecule has 0 spiro atoms. The Bertz CT molecular complexity index is 867. The van der Waals surface area contributed by atoms with Gasteiger partial charge in [-0.25, -0.2) is 0 Å². The first kappa shape index (κ1) is 17.8. The molecule has 3 aromatic rings. The fourth-order valence-corrected chi connectivity index (χ4v) is 4.22. The number of aryl methyl sites for hydroxylation is 1. The maximum atomic E-state index is 6.50. The summed E-state index contributed by atoms with van der Waals surface area (Å²) in [6.45, 7) is 13.0. The van der Waals surface area contributed by atoms with Crippen molar-refractivity contribution in [1.29, 1.82) is 0 Å². The molecule has 1 unspecified atom stereocenters. The zero-order chi connectivity index (χ0) is 18.2. The SMILES string of the molecule is Cc1noc2c(C(O[SiH](C)C)C(C)(C)C)c(-c3ccccn3)ccc12. The van der Waals surface area contributed by atoms with Crippen LogP contribution >= 0.6 is 0 Å². The number of hydrogen-bond donors (Lipinski definition) is 0. The summed E-state index contributed by atoms with van der Waals surface area (Å²) >= 11 is 0. The Morgan fingerprint density at radius 1 is 1.12 bits per heavy atom. The van der Waals surface area contributed by atoms with Crippen molar-refractivity contribution < 1.29 is 8.95 Å². The minimum Gasteiger partial charge on any atom is -0.413 e. The number of pyridine rings is 1. The lowest BCUT2D eigenvalue weighted by Gasteiger charge is -2.34. The molecule has 0 fully saturated rings. The van der Waals surface area contributed by atoms with E-state index in [1.54, 1.807) is 0 Å². The highest BCUT2D eigenvalue weighted by atomic mass is 28.3. The van der Waals surface area contributed by atoms with Crippen LogP contribution in [0.2, 0.25) is 13.1 Å². The van der Waals surface area contributed by atoms with Gasteiger partial charge >= 0.3 is 0 Å². The Hall–Kier alpha value is -1.98. The van der Waals surface area contributed by atoms with Gasteiger partial charge in [-0.05, 0) is 43.6 Å². The molecular formula is C20H26N2O2Si.